The van der Waals surface area contributed by atoms with E-state index in [4.69, 9.17) is 4.74 Å². The van der Waals surface area contributed by atoms with Crippen molar-refractivity contribution >= 4 is 12.1 Å². The van der Waals surface area contributed by atoms with Crippen LogP contribution in [-0.2, 0) is 11.2 Å². The van der Waals surface area contributed by atoms with E-state index in [0.717, 1.165) is 11.1 Å². The highest BCUT2D eigenvalue weighted by Gasteiger charge is 2.05. The van der Waals surface area contributed by atoms with Gasteiger partial charge in [-0.25, -0.2) is 5.43 Å². The first-order chi connectivity index (χ1) is 11.6. The first-order valence-electron chi connectivity index (χ1n) is 7.54. The molecular formula is C19H20N2O3. The number of aryl methyl sites for hydroxylation is 1. The van der Waals surface area contributed by atoms with E-state index < -0.39 is 0 Å². The van der Waals surface area contributed by atoms with Crippen LogP contribution in [0.15, 0.2) is 60.2 Å². The number of ether oxygens (including phenoxy) is 1. The summed E-state index contributed by atoms with van der Waals surface area (Å²) < 4.78 is 5.43. The maximum Gasteiger partial charge on any atom is 0.277 e. The molecule has 2 aromatic carbocycles. The predicted molar refractivity (Wildman–Crippen MR) is 94.4 cm³/mol. The first-order valence-corrected chi connectivity index (χ1v) is 7.54. The Labute approximate surface area is 141 Å². The van der Waals surface area contributed by atoms with Crippen molar-refractivity contribution in [3.05, 3.63) is 71.8 Å². The molecule has 2 rings (SSSR count). The maximum absolute atomic E-state index is 11.7. The Morgan fingerprint density at radius 1 is 1.29 bits per heavy atom. The molecule has 2 N–H and O–H groups in total. The SMILES string of the molecule is C=CCc1cccc(/C=N\NC(=O)COc2ccccc2C)c1O. The summed E-state index contributed by atoms with van der Waals surface area (Å²) in [6.07, 6.45) is 3.67. The number of nitrogens with one attached hydrogen (secondary N) is 1. The van der Waals surface area contributed by atoms with Gasteiger partial charge in [0.1, 0.15) is 11.5 Å². The molecule has 0 saturated heterocycles. The largest absolute Gasteiger partial charge is 0.507 e. The number of para-hydroxylation sites is 2. The summed E-state index contributed by atoms with van der Waals surface area (Å²) in [4.78, 5) is 11.7. The van der Waals surface area contributed by atoms with Gasteiger partial charge in [-0.2, -0.15) is 5.10 Å². The molecular weight excluding hydrogens is 304 g/mol. The highest BCUT2D eigenvalue weighted by molar-refractivity contribution is 5.86. The van der Waals surface area contributed by atoms with Gasteiger partial charge in [0.05, 0.1) is 6.21 Å². The third kappa shape index (κ3) is 4.71. The fraction of sp³-hybridized carbons (Fsp3) is 0.158. The summed E-state index contributed by atoms with van der Waals surface area (Å²) >= 11 is 0. The van der Waals surface area contributed by atoms with Crippen LogP contribution in [-0.4, -0.2) is 23.8 Å². The third-order valence-corrected chi connectivity index (χ3v) is 3.36. The molecule has 0 aliphatic heterocycles. The number of phenolic OH excluding ortho intramolecular Hbond substituents is 1. The van der Waals surface area contributed by atoms with Gasteiger partial charge in [-0.3, -0.25) is 4.79 Å². The van der Waals surface area contributed by atoms with Crippen LogP contribution in [0.25, 0.3) is 0 Å². The summed E-state index contributed by atoms with van der Waals surface area (Å²) in [6.45, 7) is 5.42. The Hall–Kier alpha value is -3.08. The first kappa shape index (κ1) is 17.3. The molecule has 0 radical (unpaired) electrons. The average Bonchev–Trinajstić information content (AvgIpc) is 2.57. The van der Waals surface area contributed by atoms with Crippen molar-refractivity contribution < 1.29 is 14.6 Å². The lowest BCUT2D eigenvalue weighted by Crippen LogP contribution is -2.24. The molecule has 24 heavy (non-hydrogen) atoms. The molecule has 0 fully saturated rings. The van der Waals surface area contributed by atoms with Gasteiger partial charge in [-0.15, -0.1) is 6.58 Å². The van der Waals surface area contributed by atoms with Crippen LogP contribution in [0.5, 0.6) is 11.5 Å². The summed E-state index contributed by atoms with van der Waals surface area (Å²) in [5.41, 5.74) is 4.61. The van der Waals surface area contributed by atoms with Crippen molar-refractivity contribution in [1.29, 1.82) is 0 Å². The molecule has 0 spiro atoms. The van der Waals surface area contributed by atoms with Crippen molar-refractivity contribution in [2.24, 2.45) is 5.10 Å². The van der Waals surface area contributed by atoms with Crippen LogP contribution in [0.4, 0.5) is 0 Å². The van der Waals surface area contributed by atoms with Crippen LogP contribution in [0.2, 0.25) is 0 Å². The monoisotopic (exact) mass is 324 g/mol. The predicted octanol–water partition coefficient (Wildman–Crippen LogP) is 2.96. The highest BCUT2D eigenvalue weighted by atomic mass is 16.5. The molecule has 0 unspecified atom stereocenters. The van der Waals surface area contributed by atoms with Crippen molar-refractivity contribution in [2.75, 3.05) is 6.61 Å². The topological polar surface area (TPSA) is 70.9 Å². The van der Waals surface area contributed by atoms with E-state index in [0.29, 0.717) is 17.7 Å². The zero-order valence-electron chi connectivity index (χ0n) is 13.5. The third-order valence-electron chi connectivity index (χ3n) is 3.36. The lowest BCUT2D eigenvalue weighted by atomic mass is 10.1. The minimum atomic E-state index is -0.378. The number of amides is 1. The number of hydrazone groups is 1. The van der Waals surface area contributed by atoms with E-state index in [9.17, 15) is 9.90 Å². The summed E-state index contributed by atoms with van der Waals surface area (Å²) in [5.74, 6) is 0.411. The lowest BCUT2D eigenvalue weighted by molar-refractivity contribution is -0.123. The van der Waals surface area contributed by atoms with E-state index in [1.54, 1.807) is 18.2 Å². The number of nitrogens with zero attached hydrogens (tertiary/aromatic N) is 1. The number of aromatic hydroxyl groups is 1. The Morgan fingerprint density at radius 2 is 2.08 bits per heavy atom. The molecule has 0 aliphatic rings. The number of benzene rings is 2. The average molecular weight is 324 g/mol. The molecule has 5 nitrogen and oxygen atoms in total. The van der Waals surface area contributed by atoms with E-state index in [1.165, 1.54) is 6.21 Å². The standard InChI is InChI=1S/C19H20N2O3/c1-3-7-15-9-6-10-16(19(15)23)12-20-21-18(22)13-24-17-11-5-4-8-14(17)2/h3-6,8-12,23H,1,7,13H2,2H3,(H,21,22)/b20-12-. The summed E-state index contributed by atoms with van der Waals surface area (Å²) in [7, 11) is 0. The molecule has 1 amide bonds. The quantitative estimate of drug-likeness (QED) is 0.467. The van der Waals surface area contributed by atoms with Crippen molar-refractivity contribution in [3.63, 3.8) is 0 Å². The second-order valence-corrected chi connectivity index (χ2v) is 5.20. The second-order valence-electron chi connectivity index (χ2n) is 5.20. The molecule has 2 aromatic rings. The smallest absolute Gasteiger partial charge is 0.277 e. The zero-order chi connectivity index (χ0) is 17.4. The van der Waals surface area contributed by atoms with Crippen molar-refractivity contribution in [3.8, 4) is 11.5 Å². The Bertz CT molecular complexity index is 754. The molecule has 0 aromatic heterocycles. The fourth-order valence-electron chi connectivity index (χ4n) is 2.10. The number of hydrogen-bond donors (Lipinski definition) is 2. The number of hydrogen-bond acceptors (Lipinski definition) is 4. The van der Waals surface area contributed by atoms with Gasteiger partial charge >= 0.3 is 0 Å². The minimum absolute atomic E-state index is 0.131. The summed E-state index contributed by atoms with van der Waals surface area (Å²) in [5, 5.41) is 13.9. The zero-order valence-corrected chi connectivity index (χ0v) is 13.5. The molecule has 0 saturated carbocycles. The van der Waals surface area contributed by atoms with Crippen LogP contribution < -0.4 is 10.2 Å². The molecule has 0 aliphatic carbocycles. The van der Waals surface area contributed by atoms with Crippen molar-refractivity contribution in [2.45, 2.75) is 13.3 Å². The van der Waals surface area contributed by atoms with E-state index in [1.807, 2.05) is 37.3 Å². The molecule has 0 atom stereocenters. The number of carbonyl (C=O) groups is 1. The van der Waals surface area contributed by atoms with Crippen LogP contribution in [0.1, 0.15) is 16.7 Å². The fourth-order valence-corrected chi connectivity index (χ4v) is 2.10. The van der Waals surface area contributed by atoms with Gasteiger partial charge in [0, 0.05) is 5.56 Å². The Balaban J connectivity index is 1.90. The Morgan fingerprint density at radius 3 is 2.83 bits per heavy atom. The van der Waals surface area contributed by atoms with Gasteiger partial charge in [0.25, 0.3) is 5.91 Å². The molecule has 5 heteroatoms. The summed E-state index contributed by atoms with van der Waals surface area (Å²) in [6, 6.07) is 12.8. The number of carbonyl (C=O) groups excluding carboxylic acids is 1. The van der Waals surface area contributed by atoms with Gasteiger partial charge in [0.2, 0.25) is 0 Å². The number of allylic oxidation sites excluding steroid dienone is 1. The van der Waals surface area contributed by atoms with Gasteiger partial charge in [-0.05, 0) is 36.6 Å². The Kier molecular flexibility index (Phi) is 6.14. The van der Waals surface area contributed by atoms with Crippen molar-refractivity contribution in [1.82, 2.24) is 5.43 Å². The van der Waals surface area contributed by atoms with E-state index in [-0.39, 0.29) is 18.3 Å². The number of phenols is 1. The lowest BCUT2D eigenvalue weighted by Gasteiger charge is -2.07. The van der Waals surface area contributed by atoms with Gasteiger partial charge < -0.3 is 9.84 Å². The molecule has 0 heterocycles. The minimum Gasteiger partial charge on any atom is -0.507 e. The van der Waals surface area contributed by atoms with E-state index in [2.05, 4.69) is 17.1 Å². The molecule has 0 bridgehead atoms. The van der Waals surface area contributed by atoms with Crippen LogP contribution in [0, 0.1) is 6.92 Å². The highest BCUT2D eigenvalue weighted by Crippen LogP contribution is 2.21. The van der Waals surface area contributed by atoms with Gasteiger partial charge in [-0.1, -0.05) is 36.4 Å². The van der Waals surface area contributed by atoms with E-state index >= 15 is 0 Å². The molecule has 124 valence electrons. The van der Waals surface area contributed by atoms with Crippen LogP contribution in [0.3, 0.4) is 0 Å². The maximum atomic E-state index is 11.7. The number of rotatable bonds is 7. The normalized spacial score (nSPS) is 10.5. The van der Waals surface area contributed by atoms with Gasteiger partial charge in [0.15, 0.2) is 6.61 Å². The van der Waals surface area contributed by atoms with Crippen LogP contribution >= 0.6 is 0 Å². The second kappa shape index (κ2) is 8.53.